The quantitative estimate of drug-likeness (QED) is 0.578. The molecule has 1 atom stereocenters. The average Bonchev–Trinajstić information content (AvgIpc) is 3.13. The van der Waals surface area contributed by atoms with Crippen LogP contribution in [-0.2, 0) is 11.3 Å². The maximum atomic E-state index is 6.06. The van der Waals surface area contributed by atoms with E-state index in [0.717, 1.165) is 49.6 Å². The van der Waals surface area contributed by atoms with Crippen LogP contribution in [0.3, 0.4) is 0 Å². The van der Waals surface area contributed by atoms with E-state index in [1.54, 1.807) is 7.11 Å². The second-order valence-electron chi connectivity index (χ2n) is 6.49. The Balaban J connectivity index is 1.81. The standard InChI is InChI=1S/C20H33NO3/c1-3-4-5-6-7-13-21-15-17-10-8-12-19(22-2)20(17)24-16-18-11-9-14-23-18/h8,10,12,18,21H,3-7,9,11,13-16H2,1-2H3. The molecule has 1 aromatic carbocycles. The van der Waals surface area contributed by atoms with Gasteiger partial charge in [-0.3, -0.25) is 0 Å². The summed E-state index contributed by atoms with van der Waals surface area (Å²) in [5, 5.41) is 3.53. The SMILES string of the molecule is CCCCCCCNCc1cccc(OC)c1OCC1CCCO1. The van der Waals surface area contributed by atoms with E-state index in [2.05, 4.69) is 18.3 Å². The lowest BCUT2D eigenvalue weighted by atomic mass is 10.1. The summed E-state index contributed by atoms with van der Waals surface area (Å²) in [5.41, 5.74) is 1.15. The zero-order chi connectivity index (χ0) is 17.0. The number of hydrogen-bond donors (Lipinski definition) is 1. The van der Waals surface area contributed by atoms with Gasteiger partial charge in [-0.15, -0.1) is 0 Å². The Morgan fingerprint density at radius 3 is 2.83 bits per heavy atom. The molecule has 1 fully saturated rings. The van der Waals surface area contributed by atoms with Gasteiger partial charge in [0.15, 0.2) is 11.5 Å². The number of methoxy groups -OCH3 is 1. The zero-order valence-electron chi connectivity index (χ0n) is 15.3. The molecule has 1 unspecified atom stereocenters. The molecule has 0 aromatic heterocycles. The van der Waals surface area contributed by atoms with Crippen molar-refractivity contribution in [2.45, 2.75) is 64.5 Å². The molecule has 24 heavy (non-hydrogen) atoms. The molecule has 136 valence electrons. The van der Waals surface area contributed by atoms with Crippen LogP contribution in [0.1, 0.15) is 57.4 Å². The summed E-state index contributed by atoms with van der Waals surface area (Å²) in [5.74, 6) is 1.66. The van der Waals surface area contributed by atoms with Crippen LogP contribution in [-0.4, -0.2) is 33.0 Å². The summed E-state index contributed by atoms with van der Waals surface area (Å²) in [6.07, 6.45) is 8.95. The lowest BCUT2D eigenvalue weighted by Crippen LogP contribution is -2.19. The van der Waals surface area contributed by atoms with E-state index in [4.69, 9.17) is 14.2 Å². The van der Waals surface area contributed by atoms with Gasteiger partial charge in [-0.1, -0.05) is 44.7 Å². The summed E-state index contributed by atoms with van der Waals surface area (Å²) >= 11 is 0. The second kappa shape index (κ2) is 11.3. The first-order valence-electron chi connectivity index (χ1n) is 9.46. The highest BCUT2D eigenvalue weighted by Crippen LogP contribution is 2.31. The zero-order valence-corrected chi connectivity index (χ0v) is 15.3. The van der Waals surface area contributed by atoms with Crippen molar-refractivity contribution >= 4 is 0 Å². The molecule has 0 saturated carbocycles. The van der Waals surface area contributed by atoms with Crippen molar-refractivity contribution in [3.63, 3.8) is 0 Å². The number of nitrogens with one attached hydrogen (secondary N) is 1. The van der Waals surface area contributed by atoms with E-state index in [0.29, 0.717) is 6.61 Å². The van der Waals surface area contributed by atoms with E-state index in [1.165, 1.54) is 32.1 Å². The fourth-order valence-corrected chi connectivity index (χ4v) is 3.05. The van der Waals surface area contributed by atoms with Crippen LogP contribution in [0.5, 0.6) is 11.5 Å². The Hall–Kier alpha value is -1.26. The van der Waals surface area contributed by atoms with Gasteiger partial charge in [0.2, 0.25) is 0 Å². The van der Waals surface area contributed by atoms with Crippen molar-refractivity contribution in [2.75, 3.05) is 26.9 Å². The molecule has 1 heterocycles. The minimum atomic E-state index is 0.217. The third-order valence-electron chi connectivity index (χ3n) is 4.49. The van der Waals surface area contributed by atoms with Crippen molar-refractivity contribution in [3.05, 3.63) is 23.8 Å². The van der Waals surface area contributed by atoms with Crippen molar-refractivity contribution in [1.82, 2.24) is 5.32 Å². The molecule has 0 spiro atoms. The summed E-state index contributed by atoms with van der Waals surface area (Å²) in [6.45, 7) is 5.56. The average molecular weight is 335 g/mol. The van der Waals surface area contributed by atoms with Crippen LogP contribution in [0.2, 0.25) is 0 Å². The summed E-state index contributed by atoms with van der Waals surface area (Å²) < 4.78 is 17.2. The Bertz CT molecular complexity index is 458. The minimum absolute atomic E-state index is 0.217. The number of unbranched alkanes of at least 4 members (excludes halogenated alkanes) is 4. The van der Waals surface area contributed by atoms with Gasteiger partial charge in [0.05, 0.1) is 13.2 Å². The van der Waals surface area contributed by atoms with Gasteiger partial charge < -0.3 is 19.5 Å². The molecule has 1 saturated heterocycles. The first kappa shape index (κ1) is 19.1. The molecule has 1 N–H and O–H groups in total. The monoisotopic (exact) mass is 335 g/mol. The Morgan fingerprint density at radius 2 is 2.08 bits per heavy atom. The molecule has 0 bridgehead atoms. The molecule has 1 aliphatic heterocycles. The molecule has 0 radical (unpaired) electrons. The van der Waals surface area contributed by atoms with Crippen molar-refractivity contribution in [1.29, 1.82) is 0 Å². The highest BCUT2D eigenvalue weighted by molar-refractivity contribution is 5.46. The van der Waals surface area contributed by atoms with Gasteiger partial charge in [0.25, 0.3) is 0 Å². The van der Waals surface area contributed by atoms with Gasteiger partial charge in [-0.25, -0.2) is 0 Å². The molecule has 1 aliphatic rings. The van der Waals surface area contributed by atoms with Gasteiger partial charge in [0, 0.05) is 18.7 Å². The highest BCUT2D eigenvalue weighted by atomic mass is 16.5. The van der Waals surface area contributed by atoms with Crippen LogP contribution in [0, 0.1) is 0 Å². The third kappa shape index (κ3) is 6.33. The maximum absolute atomic E-state index is 6.06. The molecular weight excluding hydrogens is 302 g/mol. The van der Waals surface area contributed by atoms with E-state index in [1.807, 2.05) is 12.1 Å². The van der Waals surface area contributed by atoms with Gasteiger partial charge in [-0.2, -0.15) is 0 Å². The number of para-hydroxylation sites is 1. The number of rotatable bonds is 12. The van der Waals surface area contributed by atoms with Crippen LogP contribution in [0.15, 0.2) is 18.2 Å². The minimum Gasteiger partial charge on any atom is -0.493 e. The molecule has 2 rings (SSSR count). The largest absolute Gasteiger partial charge is 0.493 e. The van der Waals surface area contributed by atoms with Gasteiger partial charge in [-0.05, 0) is 31.9 Å². The van der Waals surface area contributed by atoms with Crippen LogP contribution >= 0.6 is 0 Å². The van der Waals surface area contributed by atoms with E-state index < -0.39 is 0 Å². The number of hydrogen-bond acceptors (Lipinski definition) is 4. The predicted molar refractivity (Wildman–Crippen MR) is 97.9 cm³/mol. The second-order valence-corrected chi connectivity index (χ2v) is 6.49. The topological polar surface area (TPSA) is 39.7 Å². The van der Waals surface area contributed by atoms with Crippen molar-refractivity contribution < 1.29 is 14.2 Å². The first-order valence-corrected chi connectivity index (χ1v) is 9.46. The fraction of sp³-hybridized carbons (Fsp3) is 0.700. The Labute approximate surface area is 146 Å². The van der Waals surface area contributed by atoms with Crippen LogP contribution in [0.25, 0.3) is 0 Å². The molecule has 4 heteroatoms. The number of benzene rings is 1. The Kier molecular flexibility index (Phi) is 9.00. The summed E-state index contributed by atoms with van der Waals surface area (Å²) in [7, 11) is 1.69. The van der Waals surface area contributed by atoms with E-state index >= 15 is 0 Å². The smallest absolute Gasteiger partial charge is 0.165 e. The normalized spacial score (nSPS) is 17.2. The lowest BCUT2D eigenvalue weighted by molar-refractivity contribution is 0.0666. The first-order chi connectivity index (χ1) is 11.8. The van der Waals surface area contributed by atoms with Crippen molar-refractivity contribution in [3.8, 4) is 11.5 Å². The molecule has 0 aliphatic carbocycles. The summed E-state index contributed by atoms with van der Waals surface area (Å²) in [6, 6.07) is 6.09. The van der Waals surface area contributed by atoms with Crippen molar-refractivity contribution in [2.24, 2.45) is 0 Å². The number of ether oxygens (including phenoxy) is 3. The lowest BCUT2D eigenvalue weighted by Gasteiger charge is -2.17. The van der Waals surface area contributed by atoms with Gasteiger partial charge >= 0.3 is 0 Å². The third-order valence-corrected chi connectivity index (χ3v) is 4.49. The van der Waals surface area contributed by atoms with Crippen LogP contribution < -0.4 is 14.8 Å². The summed E-state index contributed by atoms with van der Waals surface area (Å²) in [4.78, 5) is 0. The Morgan fingerprint density at radius 1 is 1.21 bits per heavy atom. The predicted octanol–water partition coefficient (Wildman–Crippen LogP) is 4.31. The highest BCUT2D eigenvalue weighted by Gasteiger charge is 2.18. The van der Waals surface area contributed by atoms with Gasteiger partial charge in [0.1, 0.15) is 6.61 Å². The molecule has 1 aromatic rings. The van der Waals surface area contributed by atoms with Crippen LogP contribution in [0.4, 0.5) is 0 Å². The van der Waals surface area contributed by atoms with E-state index in [9.17, 15) is 0 Å². The van der Waals surface area contributed by atoms with E-state index in [-0.39, 0.29) is 6.10 Å². The fourth-order valence-electron chi connectivity index (χ4n) is 3.05. The molecular formula is C20H33NO3. The molecule has 4 nitrogen and oxygen atoms in total. The molecule has 0 amide bonds. The maximum Gasteiger partial charge on any atom is 0.165 e.